The van der Waals surface area contributed by atoms with Gasteiger partial charge in [-0.2, -0.15) is 0 Å². The van der Waals surface area contributed by atoms with E-state index in [2.05, 4.69) is 22.7 Å². The lowest BCUT2D eigenvalue weighted by molar-refractivity contribution is -0.200. The molecule has 206 valence electrons. The van der Waals surface area contributed by atoms with Gasteiger partial charge in [0.2, 0.25) is 11.8 Å². The minimum Gasteiger partial charge on any atom is -0.350 e. The molecule has 9 nitrogen and oxygen atoms in total. The number of thiophene rings is 1. The van der Waals surface area contributed by atoms with Crippen molar-refractivity contribution in [3.8, 4) is 10.4 Å². The van der Waals surface area contributed by atoms with Crippen molar-refractivity contribution in [1.82, 2.24) is 10.8 Å². The van der Waals surface area contributed by atoms with Crippen LogP contribution in [0.4, 0.5) is 5.69 Å². The number of ether oxygens (including phenoxy) is 1. The molecule has 2 aliphatic heterocycles. The highest BCUT2D eigenvalue weighted by Gasteiger charge is 2.49. The topological polar surface area (TPSA) is 123 Å². The molecular formula is C27H35N3O6S2. The van der Waals surface area contributed by atoms with Gasteiger partial charge in [-0.3, -0.25) is 9.59 Å². The van der Waals surface area contributed by atoms with Crippen LogP contribution in [-0.4, -0.2) is 52.0 Å². The van der Waals surface area contributed by atoms with E-state index in [0.717, 1.165) is 23.3 Å². The average molecular weight is 562 g/mol. The van der Waals surface area contributed by atoms with Gasteiger partial charge in [-0.1, -0.05) is 24.6 Å². The standard InChI is InChI=1S/C27H35N3O6S2/c1-2-14-28-19-25(32)29-21-9-7-8-20(17-21)22-11-12-23(37-22)27(13-4-6-16-38(27,33)34)18-24(31)30-36-26-10-3-5-15-35-26/h2,7-9,11-12,17,26,28H,1,3-6,10,13-16,18-19H2,(H,29,32)(H,30,31)/t26?,27-/m0/s1. The summed E-state index contributed by atoms with van der Waals surface area (Å²) in [6.45, 7) is 4.89. The molecule has 1 aromatic carbocycles. The molecule has 0 radical (unpaired) electrons. The maximum Gasteiger partial charge on any atom is 0.245 e. The molecule has 38 heavy (non-hydrogen) atoms. The Balaban J connectivity index is 1.52. The number of hydrogen-bond acceptors (Lipinski definition) is 8. The fourth-order valence-corrected chi connectivity index (χ4v) is 8.60. The van der Waals surface area contributed by atoms with Crippen LogP contribution in [0.1, 0.15) is 49.8 Å². The number of hydroxylamine groups is 1. The van der Waals surface area contributed by atoms with Crippen molar-refractivity contribution >= 4 is 38.7 Å². The minimum absolute atomic E-state index is 0.0432. The zero-order chi connectivity index (χ0) is 27.0. The summed E-state index contributed by atoms with van der Waals surface area (Å²) in [5, 5.41) is 5.83. The number of carbonyl (C=O) groups is 2. The van der Waals surface area contributed by atoms with Crippen LogP contribution in [0.15, 0.2) is 49.1 Å². The maximum absolute atomic E-state index is 13.5. The molecule has 2 aliphatic rings. The van der Waals surface area contributed by atoms with Crippen LogP contribution >= 0.6 is 11.3 Å². The van der Waals surface area contributed by atoms with E-state index in [0.29, 0.717) is 49.4 Å². The van der Waals surface area contributed by atoms with E-state index in [1.165, 1.54) is 11.3 Å². The van der Waals surface area contributed by atoms with Crippen molar-refractivity contribution in [1.29, 1.82) is 0 Å². The molecule has 0 bridgehead atoms. The molecule has 2 atom stereocenters. The second-order valence-electron chi connectivity index (χ2n) is 9.60. The molecule has 3 N–H and O–H groups in total. The van der Waals surface area contributed by atoms with E-state index in [4.69, 9.17) is 9.57 Å². The van der Waals surface area contributed by atoms with Gasteiger partial charge in [0, 0.05) is 35.0 Å². The van der Waals surface area contributed by atoms with Gasteiger partial charge in [0.05, 0.1) is 18.7 Å². The normalized spacial score (nSPS) is 22.9. The van der Waals surface area contributed by atoms with Crippen molar-refractivity contribution in [3.05, 3.63) is 53.9 Å². The second kappa shape index (κ2) is 13.0. The van der Waals surface area contributed by atoms with Gasteiger partial charge in [0.25, 0.3) is 0 Å². The van der Waals surface area contributed by atoms with Crippen molar-refractivity contribution in [2.45, 2.75) is 56.0 Å². The van der Waals surface area contributed by atoms with Gasteiger partial charge in [-0.15, -0.1) is 17.9 Å². The molecule has 4 rings (SSSR count). The highest BCUT2D eigenvalue weighted by Crippen LogP contribution is 2.47. The summed E-state index contributed by atoms with van der Waals surface area (Å²) >= 11 is 1.37. The molecule has 2 saturated heterocycles. The summed E-state index contributed by atoms with van der Waals surface area (Å²) in [7, 11) is -3.59. The van der Waals surface area contributed by atoms with Crippen molar-refractivity contribution in [3.63, 3.8) is 0 Å². The molecule has 1 unspecified atom stereocenters. The third-order valence-electron chi connectivity index (χ3n) is 6.79. The van der Waals surface area contributed by atoms with Crippen LogP contribution < -0.4 is 16.1 Å². The number of rotatable bonds is 11. The van der Waals surface area contributed by atoms with Crippen molar-refractivity contribution < 1.29 is 27.6 Å². The first-order chi connectivity index (χ1) is 18.3. The number of hydrogen-bond donors (Lipinski definition) is 3. The van der Waals surface area contributed by atoms with Crippen LogP contribution in [0.2, 0.25) is 0 Å². The SMILES string of the molecule is C=CCNCC(=O)Nc1cccc(-c2ccc([C@@]3(CC(=O)NOC4CCCCO4)CCCCS3(=O)=O)s2)c1. The zero-order valence-corrected chi connectivity index (χ0v) is 23.0. The number of nitrogens with one attached hydrogen (secondary N) is 3. The highest BCUT2D eigenvalue weighted by molar-refractivity contribution is 7.92. The second-order valence-corrected chi connectivity index (χ2v) is 13.1. The monoisotopic (exact) mass is 561 g/mol. The van der Waals surface area contributed by atoms with E-state index >= 15 is 0 Å². The first-order valence-electron chi connectivity index (χ1n) is 12.9. The first kappa shape index (κ1) is 28.4. The van der Waals surface area contributed by atoms with Gasteiger partial charge >= 0.3 is 0 Å². The predicted octanol–water partition coefficient (Wildman–Crippen LogP) is 3.89. The molecule has 2 amide bonds. The van der Waals surface area contributed by atoms with Gasteiger partial charge in [-0.05, 0) is 55.5 Å². The maximum atomic E-state index is 13.5. The lowest BCUT2D eigenvalue weighted by Crippen LogP contribution is -2.45. The summed E-state index contributed by atoms with van der Waals surface area (Å²) in [6, 6.07) is 11.1. The quantitative estimate of drug-likeness (QED) is 0.216. The summed E-state index contributed by atoms with van der Waals surface area (Å²) in [5.41, 5.74) is 3.93. The molecule has 1 aromatic heterocycles. The third-order valence-corrected chi connectivity index (χ3v) is 10.8. The van der Waals surface area contributed by atoms with Crippen LogP contribution in [0.5, 0.6) is 0 Å². The molecule has 0 saturated carbocycles. The van der Waals surface area contributed by atoms with Crippen LogP contribution in [-0.2, 0) is 33.7 Å². The zero-order valence-electron chi connectivity index (χ0n) is 21.4. The number of sulfone groups is 1. The van der Waals surface area contributed by atoms with Crippen LogP contribution in [0.25, 0.3) is 10.4 Å². The number of carbonyl (C=O) groups excluding carboxylic acids is 2. The van der Waals surface area contributed by atoms with E-state index < -0.39 is 26.8 Å². The van der Waals surface area contributed by atoms with Crippen molar-refractivity contribution in [2.75, 3.05) is 30.8 Å². The number of anilines is 1. The number of benzene rings is 1. The predicted molar refractivity (Wildman–Crippen MR) is 148 cm³/mol. The van der Waals surface area contributed by atoms with Crippen molar-refractivity contribution in [2.24, 2.45) is 0 Å². The smallest absolute Gasteiger partial charge is 0.245 e. The summed E-state index contributed by atoms with van der Waals surface area (Å²) in [4.78, 5) is 32.0. The Morgan fingerprint density at radius 1 is 1.16 bits per heavy atom. The minimum atomic E-state index is -3.59. The average Bonchev–Trinajstić information content (AvgIpc) is 3.41. The lowest BCUT2D eigenvalue weighted by atomic mass is 9.94. The van der Waals surface area contributed by atoms with Crippen LogP contribution in [0, 0.1) is 0 Å². The molecule has 2 fully saturated rings. The molecule has 2 aromatic rings. The largest absolute Gasteiger partial charge is 0.350 e. The Bertz CT molecular complexity index is 1240. The highest BCUT2D eigenvalue weighted by atomic mass is 32.2. The van der Waals surface area contributed by atoms with Gasteiger partial charge < -0.3 is 15.4 Å². The molecule has 0 spiro atoms. The molecule has 3 heterocycles. The molecule has 11 heteroatoms. The van der Waals surface area contributed by atoms with E-state index in [1.54, 1.807) is 12.1 Å². The van der Waals surface area contributed by atoms with Gasteiger partial charge in [-0.25, -0.2) is 18.7 Å². The Labute approximate surface area is 227 Å². The Hall–Kier alpha value is -2.57. The van der Waals surface area contributed by atoms with Crippen LogP contribution in [0.3, 0.4) is 0 Å². The fraction of sp³-hybridized carbons (Fsp3) is 0.481. The first-order valence-corrected chi connectivity index (χ1v) is 15.4. The summed E-state index contributed by atoms with van der Waals surface area (Å²) in [6.07, 6.45) is 5.23. The van der Waals surface area contributed by atoms with Gasteiger partial charge in [0.1, 0.15) is 4.75 Å². The van der Waals surface area contributed by atoms with E-state index in [-0.39, 0.29) is 24.6 Å². The Morgan fingerprint density at radius 3 is 2.79 bits per heavy atom. The lowest BCUT2D eigenvalue weighted by Gasteiger charge is -2.35. The summed E-state index contributed by atoms with van der Waals surface area (Å²) < 4.78 is 31.1. The molecular weight excluding hydrogens is 526 g/mol. The molecule has 0 aliphatic carbocycles. The Kier molecular flexibility index (Phi) is 9.72. The van der Waals surface area contributed by atoms with E-state index in [1.807, 2.05) is 30.3 Å². The Morgan fingerprint density at radius 2 is 2.03 bits per heavy atom. The van der Waals surface area contributed by atoms with E-state index in [9.17, 15) is 18.0 Å². The summed E-state index contributed by atoms with van der Waals surface area (Å²) in [5.74, 6) is -0.606. The van der Waals surface area contributed by atoms with Gasteiger partial charge in [0.15, 0.2) is 16.1 Å². The number of amides is 2. The third kappa shape index (κ3) is 6.89. The fourth-order valence-electron chi connectivity index (χ4n) is 4.83.